The van der Waals surface area contributed by atoms with E-state index in [4.69, 9.17) is 4.42 Å². The Morgan fingerprint density at radius 1 is 1.40 bits per heavy atom. The van der Waals surface area contributed by atoms with Gasteiger partial charge in [-0.1, -0.05) is 34.6 Å². The lowest BCUT2D eigenvalue weighted by Crippen LogP contribution is -2.19. The third kappa shape index (κ3) is 4.04. The Morgan fingerprint density at radius 3 is 2.53 bits per heavy atom. The van der Waals surface area contributed by atoms with Gasteiger partial charge in [0, 0.05) is 5.41 Å². The van der Waals surface area contributed by atoms with Crippen LogP contribution in [-0.2, 0) is 12.0 Å². The van der Waals surface area contributed by atoms with Crippen LogP contribution in [0.15, 0.2) is 10.7 Å². The van der Waals surface area contributed by atoms with E-state index in [1.54, 1.807) is 6.26 Å². The summed E-state index contributed by atoms with van der Waals surface area (Å²) in [6.45, 7) is 12.5. The van der Waals surface area contributed by atoms with E-state index in [9.17, 15) is 0 Å². The zero-order valence-corrected chi connectivity index (χ0v) is 10.4. The summed E-state index contributed by atoms with van der Waals surface area (Å²) in [5.74, 6) is 1.43. The van der Waals surface area contributed by atoms with E-state index in [0.29, 0.717) is 12.5 Å². The van der Waals surface area contributed by atoms with Crippen LogP contribution in [0.3, 0.4) is 0 Å². The molecule has 0 aliphatic rings. The van der Waals surface area contributed by atoms with Crippen LogP contribution in [0.25, 0.3) is 0 Å². The van der Waals surface area contributed by atoms with Crippen molar-refractivity contribution in [2.45, 2.75) is 46.6 Å². The second kappa shape index (κ2) is 4.79. The minimum atomic E-state index is 0.0692. The maximum Gasteiger partial charge on any atom is 0.208 e. The number of oxazole rings is 1. The molecular formula is C12H22N2O. The first-order chi connectivity index (χ1) is 6.89. The highest BCUT2D eigenvalue weighted by Crippen LogP contribution is 2.20. The molecular weight excluding hydrogens is 188 g/mol. The maximum absolute atomic E-state index is 5.40. The summed E-state index contributed by atoms with van der Waals surface area (Å²) in [5, 5.41) is 3.31. The summed E-state index contributed by atoms with van der Waals surface area (Å²) in [7, 11) is 0. The monoisotopic (exact) mass is 210 g/mol. The highest BCUT2D eigenvalue weighted by molar-refractivity contribution is 5.08. The van der Waals surface area contributed by atoms with Crippen LogP contribution in [0.5, 0.6) is 0 Å². The number of hydrogen-bond donors (Lipinski definition) is 1. The zero-order valence-electron chi connectivity index (χ0n) is 10.4. The fourth-order valence-electron chi connectivity index (χ4n) is 1.20. The van der Waals surface area contributed by atoms with E-state index in [-0.39, 0.29) is 5.41 Å². The van der Waals surface area contributed by atoms with E-state index in [0.717, 1.165) is 18.1 Å². The molecule has 0 aromatic carbocycles. The predicted octanol–water partition coefficient (Wildman–Crippen LogP) is 2.72. The molecule has 0 bridgehead atoms. The Balaban J connectivity index is 2.47. The van der Waals surface area contributed by atoms with Gasteiger partial charge in [-0.05, 0) is 12.5 Å². The normalized spacial score (nSPS) is 12.4. The molecule has 1 N–H and O–H groups in total. The van der Waals surface area contributed by atoms with E-state index >= 15 is 0 Å². The number of nitrogens with one attached hydrogen (secondary N) is 1. The van der Waals surface area contributed by atoms with Crippen LogP contribution in [0, 0.1) is 5.92 Å². The largest absolute Gasteiger partial charge is 0.447 e. The lowest BCUT2D eigenvalue weighted by atomic mass is 9.93. The quantitative estimate of drug-likeness (QED) is 0.830. The summed E-state index contributed by atoms with van der Waals surface area (Å²) >= 11 is 0. The minimum Gasteiger partial charge on any atom is -0.447 e. The second-order valence-electron chi connectivity index (χ2n) is 5.40. The second-order valence-corrected chi connectivity index (χ2v) is 5.40. The topological polar surface area (TPSA) is 38.1 Å². The SMILES string of the molecule is CC(C)CNCc1nc(C(C)(C)C)co1. The molecule has 0 saturated carbocycles. The Morgan fingerprint density at radius 2 is 2.07 bits per heavy atom. The molecule has 3 heteroatoms. The fourth-order valence-corrected chi connectivity index (χ4v) is 1.20. The van der Waals surface area contributed by atoms with Crippen LogP contribution >= 0.6 is 0 Å². The van der Waals surface area contributed by atoms with Gasteiger partial charge in [0.15, 0.2) is 0 Å². The first-order valence-corrected chi connectivity index (χ1v) is 5.55. The number of nitrogens with zero attached hydrogens (tertiary/aromatic N) is 1. The highest BCUT2D eigenvalue weighted by Gasteiger charge is 2.18. The summed E-state index contributed by atoms with van der Waals surface area (Å²) in [5.41, 5.74) is 1.09. The molecule has 0 amide bonds. The van der Waals surface area contributed by atoms with E-state index in [1.165, 1.54) is 0 Å². The third-order valence-electron chi connectivity index (χ3n) is 2.15. The van der Waals surface area contributed by atoms with Gasteiger partial charge in [-0.2, -0.15) is 0 Å². The van der Waals surface area contributed by atoms with Crippen molar-refractivity contribution >= 4 is 0 Å². The molecule has 0 aliphatic heterocycles. The Labute approximate surface area is 92.3 Å². The van der Waals surface area contributed by atoms with E-state index in [2.05, 4.69) is 44.9 Å². The van der Waals surface area contributed by atoms with Crippen molar-refractivity contribution in [3.63, 3.8) is 0 Å². The lowest BCUT2D eigenvalue weighted by molar-refractivity contribution is 0.451. The van der Waals surface area contributed by atoms with Crippen LogP contribution in [-0.4, -0.2) is 11.5 Å². The molecule has 0 atom stereocenters. The Bertz CT molecular complexity index is 297. The van der Waals surface area contributed by atoms with E-state index < -0.39 is 0 Å². The smallest absolute Gasteiger partial charge is 0.208 e. The molecule has 15 heavy (non-hydrogen) atoms. The maximum atomic E-state index is 5.40. The average molecular weight is 210 g/mol. The molecule has 0 saturated heterocycles. The van der Waals surface area contributed by atoms with Crippen molar-refractivity contribution in [1.82, 2.24) is 10.3 Å². The number of hydrogen-bond acceptors (Lipinski definition) is 3. The molecule has 86 valence electrons. The summed E-state index contributed by atoms with van der Waals surface area (Å²) in [6, 6.07) is 0. The van der Waals surface area contributed by atoms with Crippen molar-refractivity contribution in [3.8, 4) is 0 Å². The number of aromatic nitrogens is 1. The van der Waals surface area contributed by atoms with Crippen LogP contribution in [0.1, 0.15) is 46.2 Å². The van der Waals surface area contributed by atoms with Crippen LogP contribution in [0.4, 0.5) is 0 Å². The Hall–Kier alpha value is -0.830. The van der Waals surface area contributed by atoms with Crippen LogP contribution in [0.2, 0.25) is 0 Å². The van der Waals surface area contributed by atoms with Gasteiger partial charge < -0.3 is 9.73 Å². The zero-order chi connectivity index (χ0) is 11.5. The van der Waals surface area contributed by atoms with Gasteiger partial charge in [0.2, 0.25) is 5.89 Å². The van der Waals surface area contributed by atoms with Gasteiger partial charge in [0.25, 0.3) is 0 Å². The van der Waals surface area contributed by atoms with Gasteiger partial charge in [-0.15, -0.1) is 0 Å². The predicted molar refractivity (Wildman–Crippen MR) is 61.7 cm³/mol. The highest BCUT2D eigenvalue weighted by atomic mass is 16.3. The summed E-state index contributed by atoms with van der Waals surface area (Å²) in [4.78, 5) is 4.45. The Kier molecular flexibility index (Phi) is 3.91. The lowest BCUT2D eigenvalue weighted by Gasteiger charge is -2.13. The van der Waals surface area contributed by atoms with Gasteiger partial charge in [-0.3, -0.25) is 0 Å². The fraction of sp³-hybridized carbons (Fsp3) is 0.750. The summed E-state index contributed by atoms with van der Waals surface area (Å²) < 4.78 is 5.40. The molecule has 0 spiro atoms. The molecule has 0 radical (unpaired) electrons. The van der Waals surface area contributed by atoms with Gasteiger partial charge >= 0.3 is 0 Å². The van der Waals surface area contributed by atoms with E-state index in [1.807, 2.05) is 0 Å². The first-order valence-electron chi connectivity index (χ1n) is 5.55. The molecule has 0 aliphatic carbocycles. The van der Waals surface area contributed by atoms with Crippen molar-refractivity contribution in [2.24, 2.45) is 5.92 Å². The van der Waals surface area contributed by atoms with Crippen molar-refractivity contribution in [1.29, 1.82) is 0 Å². The third-order valence-corrected chi connectivity index (χ3v) is 2.15. The molecule has 3 nitrogen and oxygen atoms in total. The van der Waals surface area contributed by atoms with Gasteiger partial charge in [-0.25, -0.2) is 4.98 Å². The minimum absolute atomic E-state index is 0.0692. The van der Waals surface area contributed by atoms with Crippen molar-refractivity contribution in [2.75, 3.05) is 6.54 Å². The standard InChI is InChI=1S/C12H22N2O/c1-9(2)6-13-7-11-14-10(8-15-11)12(3,4)5/h8-9,13H,6-7H2,1-5H3. The van der Waals surface area contributed by atoms with Crippen molar-refractivity contribution in [3.05, 3.63) is 17.8 Å². The average Bonchev–Trinajstić information content (AvgIpc) is 2.51. The van der Waals surface area contributed by atoms with Crippen molar-refractivity contribution < 1.29 is 4.42 Å². The number of rotatable bonds is 4. The molecule has 1 aromatic heterocycles. The molecule has 1 aromatic rings. The molecule has 0 fully saturated rings. The molecule has 1 heterocycles. The van der Waals surface area contributed by atoms with Gasteiger partial charge in [0.05, 0.1) is 12.2 Å². The van der Waals surface area contributed by atoms with Crippen LogP contribution < -0.4 is 5.32 Å². The summed E-state index contributed by atoms with van der Waals surface area (Å²) in [6.07, 6.45) is 1.76. The van der Waals surface area contributed by atoms with Gasteiger partial charge in [0.1, 0.15) is 6.26 Å². The first kappa shape index (κ1) is 12.2. The molecule has 1 rings (SSSR count). The molecule has 0 unspecified atom stereocenters.